The molecule has 0 saturated carbocycles. The van der Waals surface area contributed by atoms with E-state index < -0.39 is 10.0 Å². The molecule has 8 nitrogen and oxygen atoms in total. The lowest BCUT2D eigenvalue weighted by atomic mass is 9.78. The monoisotopic (exact) mass is 535 g/mol. The SMILES string of the molecule is Cc1nn2c(c1C(=O)NCc1ccccc1)CC(C1CCN(S(=O)(=O)c3ccc(N(C)C)cc3)CC1)CC2. The van der Waals surface area contributed by atoms with Gasteiger partial charge in [0.15, 0.2) is 0 Å². The molecule has 3 aromatic rings. The Morgan fingerprint density at radius 1 is 0.974 bits per heavy atom. The van der Waals surface area contributed by atoms with Crippen molar-refractivity contribution in [3.63, 3.8) is 0 Å². The first kappa shape index (κ1) is 26.4. The normalized spacial score (nSPS) is 18.7. The number of amides is 1. The minimum Gasteiger partial charge on any atom is -0.378 e. The van der Waals surface area contributed by atoms with Crippen molar-refractivity contribution in [3.05, 3.63) is 77.1 Å². The molecule has 2 aliphatic heterocycles. The lowest BCUT2D eigenvalue weighted by molar-refractivity contribution is 0.0947. The number of benzene rings is 2. The van der Waals surface area contributed by atoms with Crippen LogP contribution in [0, 0.1) is 18.8 Å². The number of carbonyl (C=O) groups excluding carboxylic acids is 1. The summed E-state index contributed by atoms with van der Waals surface area (Å²) in [5.41, 5.74) is 4.52. The molecule has 1 atom stereocenters. The van der Waals surface area contributed by atoms with Crippen molar-refractivity contribution < 1.29 is 13.2 Å². The predicted molar refractivity (Wildman–Crippen MR) is 149 cm³/mol. The molecular weight excluding hydrogens is 498 g/mol. The first-order valence-corrected chi connectivity index (χ1v) is 14.8. The molecule has 1 unspecified atom stereocenters. The Balaban J connectivity index is 1.22. The summed E-state index contributed by atoms with van der Waals surface area (Å²) < 4.78 is 30.1. The van der Waals surface area contributed by atoms with Crippen LogP contribution in [-0.2, 0) is 29.5 Å². The van der Waals surface area contributed by atoms with Gasteiger partial charge in [0.25, 0.3) is 5.91 Å². The van der Waals surface area contributed by atoms with Crippen molar-refractivity contribution in [1.29, 1.82) is 0 Å². The van der Waals surface area contributed by atoms with Crippen molar-refractivity contribution in [2.24, 2.45) is 11.8 Å². The Kier molecular flexibility index (Phi) is 7.59. The highest BCUT2D eigenvalue weighted by molar-refractivity contribution is 7.89. The number of hydrogen-bond acceptors (Lipinski definition) is 5. The summed E-state index contributed by atoms with van der Waals surface area (Å²) in [4.78, 5) is 15.5. The zero-order valence-corrected chi connectivity index (χ0v) is 23.2. The smallest absolute Gasteiger partial charge is 0.255 e. The van der Waals surface area contributed by atoms with Crippen molar-refractivity contribution >= 4 is 21.6 Å². The van der Waals surface area contributed by atoms with Gasteiger partial charge < -0.3 is 10.2 Å². The van der Waals surface area contributed by atoms with Gasteiger partial charge in [0.2, 0.25) is 10.0 Å². The standard InChI is InChI=1S/C29H37N5O3S/c1-21-28(29(35)30-20-22-7-5-4-6-8-22)27-19-24(15-18-34(27)31-21)23-13-16-33(17-14-23)38(36,37)26-11-9-25(10-12-26)32(2)3/h4-12,23-24H,13-20H2,1-3H3,(H,30,35). The molecule has 202 valence electrons. The van der Waals surface area contributed by atoms with Crippen LogP contribution in [0.25, 0.3) is 0 Å². The zero-order valence-electron chi connectivity index (χ0n) is 22.4. The molecule has 2 aliphatic rings. The number of aryl methyl sites for hydroxylation is 2. The van der Waals surface area contributed by atoms with Gasteiger partial charge in [0.05, 0.1) is 21.8 Å². The van der Waals surface area contributed by atoms with Crippen LogP contribution in [-0.4, -0.2) is 55.6 Å². The van der Waals surface area contributed by atoms with Crippen molar-refractivity contribution in [3.8, 4) is 0 Å². The van der Waals surface area contributed by atoms with Gasteiger partial charge in [-0.05, 0) is 74.3 Å². The van der Waals surface area contributed by atoms with E-state index in [2.05, 4.69) is 10.4 Å². The summed E-state index contributed by atoms with van der Waals surface area (Å²) in [6.07, 6.45) is 3.48. The minimum absolute atomic E-state index is 0.0746. The van der Waals surface area contributed by atoms with E-state index >= 15 is 0 Å². The van der Waals surface area contributed by atoms with Gasteiger partial charge in [0.1, 0.15) is 0 Å². The van der Waals surface area contributed by atoms with E-state index in [1.165, 1.54) is 0 Å². The summed E-state index contributed by atoms with van der Waals surface area (Å²) in [5, 5.41) is 7.73. The number of fused-ring (bicyclic) bond motifs is 1. The number of carbonyl (C=O) groups is 1. The molecule has 9 heteroatoms. The molecule has 38 heavy (non-hydrogen) atoms. The Hall–Kier alpha value is -3.17. The number of anilines is 1. The van der Waals surface area contributed by atoms with Crippen LogP contribution in [0.15, 0.2) is 59.5 Å². The summed E-state index contributed by atoms with van der Waals surface area (Å²) >= 11 is 0. The predicted octanol–water partition coefficient (Wildman–Crippen LogP) is 3.85. The first-order valence-electron chi connectivity index (χ1n) is 13.4. The second-order valence-electron chi connectivity index (χ2n) is 10.7. The van der Waals surface area contributed by atoms with Gasteiger partial charge in [-0.1, -0.05) is 30.3 Å². The average molecular weight is 536 g/mol. The number of sulfonamides is 1. The van der Waals surface area contributed by atoms with Crippen LogP contribution in [0.5, 0.6) is 0 Å². The molecule has 5 rings (SSSR count). The van der Waals surface area contributed by atoms with Crippen molar-refractivity contribution in [2.45, 2.75) is 50.6 Å². The van der Waals surface area contributed by atoms with E-state index in [1.807, 2.05) is 73.1 Å². The maximum Gasteiger partial charge on any atom is 0.255 e. The first-order chi connectivity index (χ1) is 18.2. The third-order valence-corrected chi connectivity index (χ3v) is 9.99. The summed E-state index contributed by atoms with van der Waals surface area (Å²) in [6.45, 7) is 4.25. The second kappa shape index (κ2) is 10.9. The van der Waals surface area contributed by atoms with Gasteiger partial charge in [-0.15, -0.1) is 0 Å². The highest BCUT2D eigenvalue weighted by Gasteiger charge is 2.36. The van der Waals surface area contributed by atoms with E-state index in [4.69, 9.17) is 0 Å². The number of hydrogen-bond donors (Lipinski definition) is 1. The summed E-state index contributed by atoms with van der Waals surface area (Å²) in [7, 11) is 0.373. The van der Waals surface area contributed by atoms with E-state index in [9.17, 15) is 13.2 Å². The molecule has 3 heterocycles. The fourth-order valence-corrected chi connectivity index (χ4v) is 7.35. The fraction of sp³-hybridized carbons (Fsp3) is 0.448. The van der Waals surface area contributed by atoms with Crippen LogP contribution < -0.4 is 10.2 Å². The molecular formula is C29H37N5O3S. The Labute approximate surface area is 225 Å². The van der Waals surface area contributed by atoms with Crippen LogP contribution >= 0.6 is 0 Å². The van der Waals surface area contributed by atoms with Gasteiger partial charge >= 0.3 is 0 Å². The molecule has 1 fully saturated rings. The number of piperidine rings is 1. The molecule has 2 aromatic carbocycles. The van der Waals surface area contributed by atoms with Crippen LogP contribution in [0.4, 0.5) is 5.69 Å². The maximum absolute atomic E-state index is 13.3. The van der Waals surface area contributed by atoms with Gasteiger partial charge in [-0.2, -0.15) is 9.40 Å². The number of aromatic nitrogens is 2. The molecule has 0 spiro atoms. The number of nitrogens with one attached hydrogen (secondary N) is 1. The minimum atomic E-state index is -3.50. The van der Waals surface area contributed by atoms with Crippen molar-refractivity contribution in [1.82, 2.24) is 19.4 Å². The Morgan fingerprint density at radius 2 is 1.63 bits per heavy atom. The van der Waals surface area contributed by atoms with Crippen LogP contribution in [0.1, 0.15) is 46.6 Å². The summed E-state index contributed by atoms with van der Waals surface area (Å²) in [6, 6.07) is 17.0. The third kappa shape index (κ3) is 5.35. The molecule has 1 aromatic heterocycles. The molecule has 1 N–H and O–H groups in total. The zero-order chi connectivity index (χ0) is 26.9. The average Bonchev–Trinajstić information content (AvgIpc) is 3.27. The van der Waals surface area contributed by atoms with Crippen LogP contribution in [0.3, 0.4) is 0 Å². The van der Waals surface area contributed by atoms with Gasteiger partial charge in [-0.25, -0.2) is 8.42 Å². The Bertz CT molecular complexity index is 1380. The molecule has 1 saturated heterocycles. The topological polar surface area (TPSA) is 87.5 Å². The van der Waals surface area contributed by atoms with Gasteiger partial charge in [-0.3, -0.25) is 9.48 Å². The second-order valence-corrected chi connectivity index (χ2v) is 12.6. The molecule has 0 radical (unpaired) electrons. The Morgan fingerprint density at radius 3 is 2.29 bits per heavy atom. The van der Waals surface area contributed by atoms with Gasteiger partial charge in [0, 0.05) is 46.0 Å². The lowest BCUT2D eigenvalue weighted by Crippen LogP contribution is -2.41. The van der Waals surface area contributed by atoms with Crippen molar-refractivity contribution in [2.75, 3.05) is 32.1 Å². The van der Waals surface area contributed by atoms with E-state index in [-0.39, 0.29) is 5.91 Å². The fourth-order valence-electron chi connectivity index (χ4n) is 5.88. The summed E-state index contributed by atoms with van der Waals surface area (Å²) in [5.74, 6) is 0.778. The molecule has 0 bridgehead atoms. The number of nitrogens with zero attached hydrogens (tertiary/aromatic N) is 4. The van der Waals surface area contributed by atoms with Crippen LogP contribution in [0.2, 0.25) is 0 Å². The van der Waals surface area contributed by atoms with E-state index in [1.54, 1.807) is 16.4 Å². The number of rotatable bonds is 7. The third-order valence-electron chi connectivity index (χ3n) is 8.08. The molecule has 0 aliphatic carbocycles. The lowest BCUT2D eigenvalue weighted by Gasteiger charge is -2.37. The highest BCUT2D eigenvalue weighted by atomic mass is 32.2. The molecule has 1 amide bonds. The largest absolute Gasteiger partial charge is 0.378 e. The van der Waals surface area contributed by atoms with E-state index in [0.717, 1.165) is 54.9 Å². The highest BCUT2D eigenvalue weighted by Crippen LogP contribution is 2.36. The van der Waals surface area contributed by atoms with E-state index in [0.29, 0.717) is 41.9 Å². The quantitative estimate of drug-likeness (QED) is 0.497. The maximum atomic E-state index is 13.3.